The Labute approximate surface area is 162 Å². The van der Waals surface area contributed by atoms with E-state index in [4.69, 9.17) is 0 Å². The van der Waals surface area contributed by atoms with Gasteiger partial charge in [0.05, 0.1) is 11.4 Å². The van der Waals surface area contributed by atoms with Crippen molar-refractivity contribution in [2.45, 2.75) is 13.8 Å². The van der Waals surface area contributed by atoms with Gasteiger partial charge in [0.15, 0.2) is 5.78 Å². The van der Waals surface area contributed by atoms with Crippen molar-refractivity contribution in [1.82, 2.24) is 14.1 Å². The second kappa shape index (κ2) is 7.04. The van der Waals surface area contributed by atoms with Crippen molar-refractivity contribution in [2.24, 2.45) is 11.4 Å². The van der Waals surface area contributed by atoms with Crippen LogP contribution >= 0.6 is 0 Å². The molecular weight excluding hydrogens is 382 g/mol. The summed E-state index contributed by atoms with van der Waals surface area (Å²) in [6.45, 7) is 3.18. The summed E-state index contributed by atoms with van der Waals surface area (Å²) in [5.41, 5.74) is 2.12. The van der Waals surface area contributed by atoms with Crippen LogP contribution in [0.4, 0.5) is 5.69 Å². The molecule has 0 radical (unpaired) electrons. The summed E-state index contributed by atoms with van der Waals surface area (Å²) in [6, 6.07) is 6.32. The molecule has 0 fully saturated rings. The van der Waals surface area contributed by atoms with Gasteiger partial charge >= 0.3 is 10.2 Å². The van der Waals surface area contributed by atoms with Crippen LogP contribution in [0, 0.1) is 6.92 Å². The van der Waals surface area contributed by atoms with Gasteiger partial charge < -0.3 is 5.32 Å². The van der Waals surface area contributed by atoms with Crippen molar-refractivity contribution in [2.75, 3.05) is 12.4 Å². The first kappa shape index (κ1) is 19.5. The third kappa shape index (κ3) is 3.72. The van der Waals surface area contributed by atoms with E-state index in [2.05, 4.69) is 14.8 Å². The Balaban J connectivity index is 1.94. The van der Waals surface area contributed by atoms with Crippen LogP contribution in [0.3, 0.4) is 0 Å². The van der Waals surface area contributed by atoms with Crippen molar-refractivity contribution in [3.05, 3.63) is 59.1 Å². The molecule has 0 saturated heterocycles. The van der Waals surface area contributed by atoms with Gasteiger partial charge in [0, 0.05) is 37.1 Å². The standard InChI is InChI=1S/C18H19N5O4S/c1-11-15(10-22(3)20-11)16-9-17(23(4)28(26,27)21-16)18(25)19-14-7-5-13(6-8-14)12(2)24/h5-10H,1-4H3,(H,19,25). The number of Topliss-reactive ketones (excluding diaryl/α,β-unsaturated/α-hetero) is 1. The molecule has 1 aromatic carbocycles. The van der Waals surface area contributed by atoms with Crippen LogP contribution in [-0.4, -0.2) is 47.0 Å². The predicted octanol–water partition coefficient (Wildman–Crippen LogP) is 1.43. The van der Waals surface area contributed by atoms with E-state index in [0.717, 1.165) is 4.31 Å². The van der Waals surface area contributed by atoms with Gasteiger partial charge in [0.1, 0.15) is 5.70 Å². The second-order valence-corrected chi connectivity index (χ2v) is 7.97. The molecule has 2 heterocycles. The summed E-state index contributed by atoms with van der Waals surface area (Å²) < 4.78 is 31.0. The Bertz CT molecular complexity index is 1130. The number of nitrogens with one attached hydrogen (secondary N) is 1. The summed E-state index contributed by atoms with van der Waals surface area (Å²) in [7, 11) is -1.09. The molecule has 1 aliphatic heterocycles. The number of carbonyl (C=O) groups is 2. The first-order chi connectivity index (χ1) is 13.1. The number of rotatable bonds is 4. The number of aromatic nitrogens is 2. The third-order valence-electron chi connectivity index (χ3n) is 4.24. The minimum Gasteiger partial charge on any atom is -0.321 e. The highest BCUT2D eigenvalue weighted by Gasteiger charge is 2.31. The first-order valence-corrected chi connectivity index (χ1v) is 9.71. The number of carbonyl (C=O) groups excluding carboxylic acids is 2. The minimum atomic E-state index is -4.06. The number of ketones is 1. The maximum Gasteiger partial charge on any atom is 0.345 e. The molecule has 10 heteroatoms. The van der Waals surface area contributed by atoms with Crippen molar-refractivity contribution in [1.29, 1.82) is 0 Å². The summed E-state index contributed by atoms with van der Waals surface area (Å²) in [4.78, 5) is 24.1. The third-order valence-corrected chi connectivity index (χ3v) is 5.56. The largest absolute Gasteiger partial charge is 0.345 e. The SMILES string of the molecule is CC(=O)c1ccc(NC(=O)C2=CC(c3cn(C)nc3C)=NS(=O)(=O)N2C)cc1. The molecule has 0 unspecified atom stereocenters. The molecular formula is C18H19N5O4S. The summed E-state index contributed by atoms with van der Waals surface area (Å²) in [5, 5.41) is 6.82. The van der Waals surface area contributed by atoms with E-state index < -0.39 is 16.1 Å². The van der Waals surface area contributed by atoms with Gasteiger partial charge in [0.25, 0.3) is 5.91 Å². The number of aryl methyl sites for hydroxylation is 2. The van der Waals surface area contributed by atoms with E-state index >= 15 is 0 Å². The zero-order valence-corrected chi connectivity index (χ0v) is 16.6. The van der Waals surface area contributed by atoms with Crippen molar-refractivity contribution >= 4 is 33.3 Å². The number of amides is 1. The molecule has 2 aromatic rings. The molecule has 0 aliphatic carbocycles. The Kier molecular flexibility index (Phi) is 4.90. The van der Waals surface area contributed by atoms with Gasteiger partial charge in [-0.15, -0.1) is 4.40 Å². The molecule has 146 valence electrons. The van der Waals surface area contributed by atoms with E-state index in [1.807, 2.05) is 0 Å². The molecule has 0 saturated carbocycles. The fourth-order valence-electron chi connectivity index (χ4n) is 2.73. The number of hydrogen-bond acceptors (Lipinski definition) is 5. The van der Waals surface area contributed by atoms with E-state index in [0.29, 0.717) is 22.5 Å². The van der Waals surface area contributed by atoms with Crippen LogP contribution in [0.2, 0.25) is 0 Å². The smallest absolute Gasteiger partial charge is 0.321 e. The van der Waals surface area contributed by atoms with Crippen LogP contribution in [0.5, 0.6) is 0 Å². The fourth-order valence-corrected chi connectivity index (χ4v) is 3.63. The molecule has 1 aliphatic rings. The first-order valence-electron chi connectivity index (χ1n) is 8.32. The number of likely N-dealkylation sites (N-methyl/N-ethyl adjacent to an activating group) is 1. The van der Waals surface area contributed by atoms with Gasteiger partial charge in [0.2, 0.25) is 0 Å². The lowest BCUT2D eigenvalue weighted by molar-refractivity contribution is -0.113. The van der Waals surface area contributed by atoms with Gasteiger partial charge in [-0.05, 0) is 44.2 Å². The maximum absolute atomic E-state index is 12.7. The van der Waals surface area contributed by atoms with Crippen molar-refractivity contribution < 1.29 is 18.0 Å². The van der Waals surface area contributed by atoms with E-state index in [-0.39, 0.29) is 17.2 Å². The molecule has 1 amide bonds. The number of anilines is 1. The maximum atomic E-state index is 12.7. The van der Waals surface area contributed by atoms with Crippen molar-refractivity contribution in [3.8, 4) is 0 Å². The zero-order valence-electron chi connectivity index (χ0n) is 15.8. The molecule has 3 rings (SSSR count). The molecule has 9 nitrogen and oxygen atoms in total. The molecule has 0 bridgehead atoms. The average molecular weight is 401 g/mol. The molecule has 1 N–H and O–H groups in total. The van der Waals surface area contributed by atoms with Gasteiger partial charge in [-0.1, -0.05) is 0 Å². The molecule has 0 spiro atoms. The second-order valence-electron chi connectivity index (χ2n) is 6.34. The number of allylic oxidation sites excluding steroid dienone is 1. The van der Waals surface area contributed by atoms with Crippen LogP contribution in [0.25, 0.3) is 0 Å². The lowest BCUT2D eigenvalue weighted by atomic mass is 10.1. The van der Waals surface area contributed by atoms with Gasteiger partial charge in [-0.25, -0.2) is 4.31 Å². The van der Waals surface area contributed by atoms with E-state index in [1.165, 1.54) is 20.0 Å². The number of hydrogen-bond donors (Lipinski definition) is 1. The zero-order chi connectivity index (χ0) is 20.6. The average Bonchev–Trinajstić information content (AvgIpc) is 2.95. The summed E-state index contributed by atoms with van der Waals surface area (Å²) >= 11 is 0. The fraction of sp³-hybridized carbons (Fsp3) is 0.222. The summed E-state index contributed by atoms with van der Waals surface area (Å²) in [5.74, 6) is -0.707. The lowest BCUT2D eigenvalue weighted by Gasteiger charge is -2.23. The Hall–Kier alpha value is -3.27. The van der Waals surface area contributed by atoms with Crippen LogP contribution in [0.15, 0.2) is 46.6 Å². The van der Waals surface area contributed by atoms with Crippen LogP contribution < -0.4 is 5.32 Å². The quantitative estimate of drug-likeness (QED) is 0.779. The van der Waals surface area contributed by atoms with Crippen LogP contribution in [0.1, 0.15) is 28.5 Å². The molecule has 0 atom stereocenters. The van der Waals surface area contributed by atoms with Crippen LogP contribution in [-0.2, 0) is 22.1 Å². The number of benzene rings is 1. The Morgan fingerprint density at radius 2 is 1.75 bits per heavy atom. The van der Waals surface area contributed by atoms with Gasteiger partial charge in [-0.2, -0.15) is 13.5 Å². The Morgan fingerprint density at radius 1 is 1.11 bits per heavy atom. The normalized spacial score (nSPS) is 15.6. The minimum absolute atomic E-state index is 0.0797. The molecule has 1 aromatic heterocycles. The molecule has 28 heavy (non-hydrogen) atoms. The monoisotopic (exact) mass is 401 g/mol. The highest BCUT2D eigenvalue weighted by Crippen LogP contribution is 2.22. The number of nitrogens with zero attached hydrogens (tertiary/aromatic N) is 4. The lowest BCUT2D eigenvalue weighted by Crippen LogP contribution is -2.35. The highest BCUT2D eigenvalue weighted by molar-refractivity contribution is 7.88. The summed E-state index contributed by atoms with van der Waals surface area (Å²) in [6.07, 6.45) is 3.05. The van der Waals surface area contributed by atoms with E-state index in [1.54, 1.807) is 49.1 Å². The predicted molar refractivity (Wildman–Crippen MR) is 104 cm³/mol. The topological polar surface area (TPSA) is 114 Å². The Morgan fingerprint density at radius 3 is 2.29 bits per heavy atom. The van der Waals surface area contributed by atoms with Crippen molar-refractivity contribution in [3.63, 3.8) is 0 Å². The van der Waals surface area contributed by atoms with E-state index in [9.17, 15) is 18.0 Å². The highest BCUT2D eigenvalue weighted by atomic mass is 32.2. The van der Waals surface area contributed by atoms with Gasteiger partial charge in [-0.3, -0.25) is 14.3 Å².